The van der Waals surface area contributed by atoms with Gasteiger partial charge in [-0.05, 0) is 18.2 Å². The molecule has 5 nitrogen and oxygen atoms in total. The molecule has 0 saturated carbocycles. The Morgan fingerprint density at radius 3 is 2.58 bits per heavy atom. The molecule has 0 aliphatic rings. The van der Waals surface area contributed by atoms with Gasteiger partial charge in [-0.25, -0.2) is 9.82 Å². The molecule has 0 spiro atoms. The molecule has 0 aliphatic heterocycles. The molecule has 0 amide bonds. The van der Waals surface area contributed by atoms with Crippen LogP contribution in [0.15, 0.2) is 48.5 Å². The monoisotopic (exact) mass is 261 g/mol. The van der Waals surface area contributed by atoms with Gasteiger partial charge < -0.3 is 5.43 Å². The molecular weight excluding hydrogens is 249 g/mol. The fraction of sp³-hybridized carbons (Fsp3) is 0.0769. The van der Waals surface area contributed by atoms with Gasteiger partial charge in [-0.1, -0.05) is 18.2 Å². The minimum Gasteiger partial charge on any atom is -0.321 e. The number of hydrogen-bond donors (Lipinski definition) is 2. The molecule has 0 bridgehead atoms. The largest absolute Gasteiger partial charge is 0.321 e. The molecule has 0 heterocycles. The number of hydrogen-bond acceptors (Lipinski definition) is 4. The molecule has 0 atom stereocenters. The van der Waals surface area contributed by atoms with E-state index in [1.165, 1.54) is 6.07 Å². The highest BCUT2D eigenvalue weighted by atomic mass is 19.1. The highest BCUT2D eigenvalue weighted by Crippen LogP contribution is 2.16. The standard InChI is InChI=1S/C13H12FN3O2/c14-13-7-6-12(17(18)19)8-10(13)9-15-16-11-4-2-1-3-5-11/h1-8,15-16H,9H2. The Kier molecular flexibility index (Phi) is 4.04. The van der Waals surface area contributed by atoms with Crippen molar-refractivity contribution in [2.45, 2.75) is 6.54 Å². The maximum absolute atomic E-state index is 13.5. The van der Waals surface area contributed by atoms with Gasteiger partial charge in [0.25, 0.3) is 5.69 Å². The average Bonchev–Trinajstić information content (AvgIpc) is 2.42. The number of nitrogens with one attached hydrogen (secondary N) is 2. The first-order valence-electron chi connectivity index (χ1n) is 5.63. The summed E-state index contributed by atoms with van der Waals surface area (Å²) < 4.78 is 13.5. The first kappa shape index (κ1) is 13.0. The summed E-state index contributed by atoms with van der Waals surface area (Å²) in [5, 5.41) is 10.6. The summed E-state index contributed by atoms with van der Waals surface area (Å²) in [5.74, 6) is -0.479. The number of nitro benzene ring substituents is 1. The zero-order chi connectivity index (χ0) is 13.7. The number of nitro groups is 1. The maximum Gasteiger partial charge on any atom is 0.269 e. The summed E-state index contributed by atoms with van der Waals surface area (Å²) in [6.07, 6.45) is 0. The van der Waals surface area contributed by atoms with Crippen molar-refractivity contribution in [2.24, 2.45) is 0 Å². The molecule has 2 N–H and O–H groups in total. The number of non-ortho nitro benzene ring substituents is 1. The van der Waals surface area contributed by atoms with Gasteiger partial charge in [0.2, 0.25) is 0 Å². The Hall–Kier alpha value is -2.47. The minimum absolute atomic E-state index is 0.127. The predicted octanol–water partition coefficient (Wildman–Crippen LogP) is 2.85. The number of para-hydroxylation sites is 1. The van der Waals surface area contributed by atoms with Crippen LogP contribution in [0.3, 0.4) is 0 Å². The van der Waals surface area contributed by atoms with Gasteiger partial charge in [0, 0.05) is 29.9 Å². The number of hydrazine groups is 1. The van der Waals surface area contributed by atoms with E-state index in [1.54, 1.807) is 0 Å². The molecule has 2 rings (SSSR count). The molecule has 0 fully saturated rings. The van der Waals surface area contributed by atoms with E-state index in [-0.39, 0.29) is 17.8 Å². The van der Waals surface area contributed by atoms with Crippen molar-refractivity contribution in [2.75, 3.05) is 5.43 Å². The summed E-state index contributed by atoms with van der Waals surface area (Å²) >= 11 is 0. The van der Waals surface area contributed by atoms with Crippen LogP contribution in [0.2, 0.25) is 0 Å². The molecule has 98 valence electrons. The van der Waals surface area contributed by atoms with Gasteiger partial charge >= 0.3 is 0 Å². The third kappa shape index (κ3) is 3.49. The zero-order valence-electron chi connectivity index (χ0n) is 9.97. The van der Waals surface area contributed by atoms with Gasteiger partial charge in [0.1, 0.15) is 5.82 Å². The van der Waals surface area contributed by atoms with Crippen molar-refractivity contribution in [1.29, 1.82) is 0 Å². The zero-order valence-corrected chi connectivity index (χ0v) is 9.97. The topological polar surface area (TPSA) is 67.2 Å². The van der Waals surface area contributed by atoms with E-state index in [0.29, 0.717) is 0 Å². The van der Waals surface area contributed by atoms with Crippen LogP contribution in [0.25, 0.3) is 0 Å². The lowest BCUT2D eigenvalue weighted by atomic mass is 10.2. The Morgan fingerprint density at radius 2 is 1.89 bits per heavy atom. The summed E-state index contributed by atoms with van der Waals surface area (Å²) in [7, 11) is 0. The van der Waals surface area contributed by atoms with Crippen molar-refractivity contribution in [3.63, 3.8) is 0 Å². The summed E-state index contributed by atoms with van der Waals surface area (Å²) in [6.45, 7) is 0.141. The van der Waals surface area contributed by atoms with Crippen molar-refractivity contribution >= 4 is 11.4 Å². The second-order valence-corrected chi connectivity index (χ2v) is 3.88. The third-order valence-electron chi connectivity index (χ3n) is 2.53. The van der Waals surface area contributed by atoms with E-state index < -0.39 is 10.7 Å². The van der Waals surface area contributed by atoms with Gasteiger partial charge in [0.05, 0.1) is 4.92 Å². The van der Waals surface area contributed by atoms with E-state index in [9.17, 15) is 14.5 Å². The fourth-order valence-electron chi connectivity index (χ4n) is 1.57. The second kappa shape index (κ2) is 5.92. The van der Waals surface area contributed by atoms with Gasteiger partial charge in [-0.15, -0.1) is 0 Å². The third-order valence-corrected chi connectivity index (χ3v) is 2.53. The van der Waals surface area contributed by atoms with Gasteiger partial charge in [-0.3, -0.25) is 10.1 Å². The average molecular weight is 261 g/mol. The fourth-order valence-corrected chi connectivity index (χ4v) is 1.57. The molecule has 0 radical (unpaired) electrons. The normalized spacial score (nSPS) is 10.2. The SMILES string of the molecule is O=[N+]([O-])c1ccc(F)c(CNNc2ccccc2)c1. The smallest absolute Gasteiger partial charge is 0.269 e. The maximum atomic E-state index is 13.5. The number of nitrogens with zero attached hydrogens (tertiary/aromatic N) is 1. The molecule has 0 saturated heterocycles. The van der Waals surface area contributed by atoms with Crippen LogP contribution in [-0.4, -0.2) is 4.92 Å². The molecule has 0 aliphatic carbocycles. The second-order valence-electron chi connectivity index (χ2n) is 3.88. The molecule has 2 aromatic rings. The molecule has 0 unspecified atom stereocenters. The lowest BCUT2D eigenvalue weighted by Gasteiger charge is -2.08. The molecule has 2 aromatic carbocycles. The lowest BCUT2D eigenvalue weighted by molar-refractivity contribution is -0.385. The van der Waals surface area contributed by atoms with Gasteiger partial charge in [-0.2, -0.15) is 0 Å². The van der Waals surface area contributed by atoms with Crippen LogP contribution in [0, 0.1) is 15.9 Å². The van der Waals surface area contributed by atoms with Crippen molar-refractivity contribution < 1.29 is 9.31 Å². The Bertz CT molecular complexity index is 575. The van der Waals surface area contributed by atoms with Crippen molar-refractivity contribution in [3.8, 4) is 0 Å². The minimum atomic E-state index is -0.548. The Balaban J connectivity index is 1.99. The van der Waals surface area contributed by atoms with E-state index in [2.05, 4.69) is 10.9 Å². The molecule has 6 heteroatoms. The summed E-state index contributed by atoms with van der Waals surface area (Å²) in [4.78, 5) is 10.1. The van der Waals surface area contributed by atoms with Crippen LogP contribution >= 0.6 is 0 Å². The van der Waals surface area contributed by atoms with E-state index in [0.717, 1.165) is 17.8 Å². The summed E-state index contributed by atoms with van der Waals surface area (Å²) in [5.41, 5.74) is 6.63. The van der Waals surface area contributed by atoms with Crippen LogP contribution in [-0.2, 0) is 6.54 Å². The van der Waals surface area contributed by atoms with Crippen LogP contribution in [0.1, 0.15) is 5.56 Å². The lowest BCUT2D eigenvalue weighted by Crippen LogP contribution is -2.21. The highest BCUT2D eigenvalue weighted by Gasteiger charge is 2.10. The molecule has 0 aromatic heterocycles. The van der Waals surface area contributed by atoms with E-state index in [1.807, 2.05) is 30.3 Å². The number of anilines is 1. The molecule has 19 heavy (non-hydrogen) atoms. The Labute approximate surface area is 109 Å². The first-order valence-corrected chi connectivity index (χ1v) is 5.63. The predicted molar refractivity (Wildman–Crippen MR) is 70.0 cm³/mol. The first-order chi connectivity index (χ1) is 9.16. The van der Waals surface area contributed by atoms with Gasteiger partial charge in [0.15, 0.2) is 0 Å². The number of benzene rings is 2. The molecular formula is C13H12FN3O2. The summed E-state index contributed by atoms with van der Waals surface area (Å²) in [6, 6.07) is 12.7. The van der Waals surface area contributed by atoms with E-state index in [4.69, 9.17) is 0 Å². The Morgan fingerprint density at radius 1 is 1.16 bits per heavy atom. The van der Waals surface area contributed by atoms with E-state index >= 15 is 0 Å². The van der Waals surface area contributed by atoms with Crippen molar-refractivity contribution in [1.82, 2.24) is 5.43 Å². The quantitative estimate of drug-likeness (QED) is 0.641. The number of halogens is 1. The van der Waals surface area contributed by atoms with Crippen LogP contribution in [0.5, 0.6) is 0 Å². The van der Waals surface area contributed by atoms with Crippen molar-refractivity contribution in [3.05, 3.63) is 70.0 Å². The highest BCUT2D eigenvalue weighted by molar-refractivity contribution is 5.41. The van der Waals surface area contributed by atoms with Crippen LogP contribution in [0.4, 0.5) is 15.8 Å². The van der Waals surface area contributed by atoms with Crippen LogP contribution < -0.4 is 10.9 Å². The number of rotatable bonds is 5.